The van der Waals surface area contributed by atoms with Crippen molar-refractivity contribution >= 4 is 11.9 Å². The molecule has 0 atom stereocenters. The van der Waals surface area contributed by atoms with Gasteiger partial charge in [0.1, 0.15) is 0 Å². The molecule has 0 fully saturated rings. The number of hydrogen-bond donors (Lipinski definition) is 0. The van der Waals surface area contributed by atoms with Crippen LogP contribution in [0, 0.1) is 0 Å². The molecule has 2 aliphatic rings. The molecule has 2 aromatic carbocycles. The second-order valence-electron chi connectivity index (χ2n) is 5.43. The van der Waals surface area contributed by atoms with Crippen LogP contribution in [0.1, 0.15) is 20.7 Å². The third kappa shape index (κ3) is 2.30. The first-order valence-electron chi connectivity index (χ1n) is 7.68. The maximum absolute atomic E-state index is 12.4. The summed E-state index contributed by atoms with van der Waals surface area (Å²) in [6, 6.07) is 6.31. The lowest BCUT2D eigenvalue weighted by Gasteiger charge is -2.16. The molecule has 0 spiro atoms. The highest BCUT2D eigenvalue weighted by molar-refractivity contribution is 6.07. The van der Waals surface area contributed by atoms with E-state index in [1.54, 1.807) is 24.3 Å². The molecule has 0 saturated carbocycles. The summed E-state index contributed by atoms with van der Waals surface area (Å²) >= 11 is 0. The van der Waals surface area contributed by atoms with Crippen LogP contribution in [0.3, 0.4) is 0 Å². The van der Waals surface area contributed by atoms with E-state index in [2.05, 4.69) is 0 Å². The molecule has 0 radical (unpaired) electrons. The second kappa shape index (κ2) is 6.14. The van der Waals surface area contributed by atoms with Gasteiger partial charge in [0, 0.05) is 11.1 Å². The third-order valence-corrected chi connectivity index (χ3v) is 4.14. The standard InChI is InChI=1S/C18H14O8/c1-21-17(19)9-3-5-11-15(25-7-23-11)13(9)14-10(18(20)22-2)4-6-12-16(14)26-8-24-12/h3-6H,7-8H2,1-2H3. The molecule has 0 unspecified atom stereocenters. The summed E-state index contributed by atoms with van der Waals surface area (Å²) in [5, 5.41) is 0. The lowest BCUT2D eigenvalue weighted by molar-refractivity contribution is 0.0589. The quantitative estimate of drug-likeness (QED) is 0.773. The first kappa shape index (κ1) is 16.1. The number of carbonyl (C=O) groups is 2. The van der Waals surface area contributed by atoms with Gasteiger partial charge < -0.3 is 28.4 Å². The predicted octanol–water partition coefficient (Wildman–Crippen LogP) is 2.38. The lowest BCUT2D eigenvalue weighted by Crippen LogP contribution is -2.09. The average molecular weight is 358 g/mol. The van der Waals surface area contributed by atoms with Crippen LogP contribution < -0.4 is 18.9 Å². The van der Waals surface area contributed by atoms with Crippen molar-refractivity contribution in [3.8, 4) is 34.1 Å². The van der Waals surface area contributed by atoms with Crippen LogP contribution in [0.5, 0.6) is 23.0 Å². The number of ether oxygens (including phenoxy) is 6. The zero-order valence-corrected chi connectivity index (χ0v) is 14.0. The normalized spacial score (nSPS) is 13.5. The number of carbonyl (C=O) groups excluding carboxylic acids is 2. The van der Waals surface area contributed by atoms with Gasteiger partial charge in [-0.3, -0.25) is 0 Å². The zero-order valence-electron chi connectivity index (χ0n) is 14.0. The van der Waals surface area contributed by atoms with Crippen LogP contribution in [-0.2, 0) is 9.47 Å². The molecule has 8 nitrogen and oxygen atoms in total. The maximum Gasteiger partial charge on any atom is 0.338 e. The van der Waals surface area contributed by atoms with Gasteiger partial charge in [0.25, 0.3) is 0 Å². The molecule has 2 heterocycles. The fourth-order valence-electron chi connectivity index (χ4n) is 3.00. The maximum atomic E-state index is 12.4. The Morgan fingerprint density at radius 1 is 0.731 bits per heavy atom. The summed E-state index contributed by atoms with van der Waals surface area (Å²) < 4.78 is 31.7. The van der Waals surface area contributed by atoms with Crippen molar-refractivity contribution in [3.63, 3.8) is 0 Å². The highest BCUT2D eigenvalue weighted by Crippen LogP contribution is 2.51. The number of rotatable bonds is 3. The van der Waals surface area contributed by atoms with Crippen LogP contribution in [0.4, 0.5) is 0 Å². The van der Waals surface area contributed by atoms with E-state index in [1.807, 2.05) is 0 Å². The average Bonchev–Trinajstić information content (AvgIpc) is 3.34. The van der Waals surface area contributed by atoms with Gasteiger partial charge in [-0.1, -0.05) is 0 Å². The van der Waals surface area contributed by atoms with Crippen molar-refractivity contribution in [1.29, 1.82) is 0 Å². The Kier molecular flexibility index (Phi) is 3.80. The Morgan fingerprint density at radius 3 is 1.54 bits per heavy atom. The minimum absolute atomic E-state index is 0.00705. The number of hydrogen-bond acceptors (Lipinski definition) is 8. The van der Waals surface area contributed by atoms with Gasteiger partial charge in [-0.05, 0) is 24.3 Å². The van der Waals surface area contributed by atoms with E-state index in [1.165, 1.54) is 14.2 Å². The lowest BCUT2D eigenvalue weighted by atomic mass is 9.92. The zero-order chi connectivity index (χ0) is 18.3. The van der Waals surface area contributed by atoms with Gasteiger partial charge in [-0.2, -0.15) is 0 Å². The molecule has 0 saturated heterocycles. The fraction of sp³-hybridized carbons (Fsp3) is 0.222. The number of esters is 2. The SMILES string of the molecule is COC(=O)c1ccc2c(c1-c1c(C(=O)OC)ccc3c1OCO3)OCO2. The second-order valence-corrected chi connectivity index (χ2v) is 5.43. The van der Waals surface area contributed by atoms with Gasteiger partial charge in [0.05, 0.1) is 25.3 Å². The molecular formula is C18H14O8. The van der Waals surface area contributed by atoms with Crippen LogP contribution in [-0.4, -0.2) is 39.7 Å². The van der Waals surface area contributed by atoms with Crippen molar-refractivity contribution < 1.29 is 38.0 Å². The largest absolute Gasteiger partial charge is 0.465 e. The predicted molar refractivity (Wildman–Crippen MR) is 86.8 cm³/mol. The Hall–Kier alpha value is -3.42. The molecule has 0 aromatic heterocycles. The van der Waals surface area contributed by atoms with E-state index in [9.17, 15) is 9.59 Å². The Morgan fingerprint density at radius 2 is 1.15 bits per heavy atom. The summed E-state index contributed by atoms with van der Waals surface area (Å²) in [6.07, 6.45) is 0. The van der Waals surface area contributed by atoms with Crippen molar-refractivity contribution in [3.05, 3.63) is 35.4 Å². The molecule has 0 N–H and O–H groups in total. The summed E-state index contributed by atoms with van der Waals surface area (Å²) in [5.41, 5.74) is 1.06. The van der Waals surface area contributed by atoms with E-state index >= 15 is 0 Å². The molecule has 0 amide bonds. The number of fused-ring (bicyclic) bond motifs is 2. The van der Waals surface area contributed by atoms with Crippen LogP contribution in [0.15, 0.2) is 24.3 Å². The highest BCUT2D eigenvalue weighted by atomic mass is 16.7. The molecule has 26 heavy (non-hydrogen) atoms. The van der Waals surface area contributed by atoms with E-state index in [0.29, 0.717) is 34.1 Å². The summed E-state index contributed by atoms with van der Waals surface area (Å²) in [4.78, 5) is 24.7. The molecule has 4 rings (SSSR count). The fourth-order valence-corrected chi connectivity index (χ4v) is 3.00. The van der Waals surface area contributed by atoms with Crippen molar-refractivity contribution in [1.82, 2.24) is 0 Å². The van der Waals surface area contributed by atoms with Gasteiger partial charge in [-0.15, -0.1) is 0 Å². The van der Waals surface area contributed by atoms with E-state index < -0.39 is 11.9 Å². The topological polar surface area (TPSA) is 89.5 Å². The molecule has 134 valence electrons. The van der Waals surface area contributed by atoms with Crippen LogP contribution >= 0.6 is 0 Å². The highest BCUT2D eigenvalue weighted by Gasteiger charge is 2.33. The smallest absolute Gasteiger partial charge is 0.338 e. The summed E-state index contributed by atoms with van der Waals surface area (Å²) in [6.45, 7) is -0.0141. The minimum atomic E-state index is -0.592. The first-order valence-corrected chi connectivity index (χ1v) is 7.68. The van der Waals surface area contributed by atoms with Crippen molar-refractivity contribution in [2.75, 3.05) is 27.8 Å². The third-order valence-electron chi connectivity index (χ3n) is 4.14. The van der Waals surface area contributed by atoms with Gasteiger partial charge in [-0.25, -0.2) is 9.59 Å². The molecule has 0 bridgehead atoms. The van der Waals surface area contributed by atoms with E-state index in [4.69, 9.17) is 28.4 Å². The van der Waals surface area contributed by atoms with Crippen molar-refractivity contribution in [2.24, 2.45) is 0 Å². The Labute approximate surface area is 148 Å². The Bertz CT molecular complexity index is 842. The van der Waals surface area contributed by atoms with Gasteiger partial charge >= 0.3 is 11.9 Å². The number of methoxy groups -OCH3 is 2. The van der Waals surface area contributed by atoms with Crippen LogP contribution in [0.2, 0.25) is 0 Å². The monoisotopic (exact) mass is 358 g/mol. The molecular weight excluding hydrogens is 344 g/mol. The minimum Gasteiger partial charge on any atom is -0.465 e. The summed E-state index contributed by atoms with van der Waals surface area (Å²) in [5.74, 6) is 0.347. The molecule has 0 aliphatic carbocycles. The molecule has 8 heteroatoms. The molecule has 2 aromatic rings. The first-order chi connectivity index (χ1) is 12.7. The number of benzene rings is 2. The van der Waals surface area contributed by atoms with E-state index in [-0.39, 0.29) is 24.7 Å². The van der Waals surface area contributed by atoms with Crippen molar-refractivity contribution in [2.45, 2.75) is 0 Å². The summed E-state index contributed by atoms with van der Waals surface area (Å²) in [7, 11) is 2.54. The van der Waals surface area contributed by atoms with Gasteiger partial charge in [0.2, 0.25) is 13.6 Å². The van der Waals surface area contributed by atoms with Gasteiger partial charge in [0.15, 0.2) is 23.0 Å². The Balaban J connectivity index is 2.08. The van der Waals surface area contributed by atoms with Crippen LogP contribution in [0.25, 0.3) is 11.1 Å². The van der Waals surface area contributed by atoms with E-state index in [0.717, 1.165) is 0 Å². The molecule has 2 aliphatic heterocycles.